The minimum atomic E-state index is -0.192. The van der Waals surface area contributed by atoms with E-state index in [1.165, 1.54) is 6.07 Å². The first-order chi connectivity index (χ1) is 8.63. The van der Waals surface area contributed by atoms with Gasteiger partial charge in [-0.05, 0) is 49.2 Å². The quantitative estimate of drug-likeness (QED) is 0.855. The molecular formula is C15H15ClFN. The van der Waals surface area contributed by atoms with Crippen molar-refractivity contribution < 1.29 is 4.39 Å². The number of halogens is 2. The summed E-state index contributed by atoms with van der Waals surface area (Å²) in [6.07, 6.45) is 0.768. The second-order valence-electron chi connectivity index (χ2n) is 4.39. The summed E-state index contributed by atoms with van der Waals surface area (Å²) in [4.78, 5) is 0. The first kappa shape index (κ1) is 12.9. The fraction of sp³-hybridized carbons (Fsp3) is 0.200. The summed E-state index contributed by atoms with van der Waals surface area (Å²) in [6.45, 7) is 2.06. The molecule has 94 valence electrons. The van der Waals surface area contributed by atoms with E-state index < -0.39 is 0 Å². The van der Waals surface area contributed by atoms with Gasteiger partial charge in [-0.25, -0.2) is 4.39 Å². The molecule has 18 heavy (non-hydrogen) atoms. The molecule has 0 spiro atoms. The van der Waals surface area contributed by atoms with Gasteiger partial charge >= 0.3 is 0 Å². The van der Waals surface area contributed by atoms with Gasteiger partial charge in [0.2, 0.25) is 0 Å². The van der Waals surface area contributed by atoms with Gasteiger partial charge in [-0.15, -0.1) is 0 Å². The molecule has 0 saturated carbocycles. The van der Waals surface area contributed by atoms with Crippen LogP contribution in [-0.2, 0) is 6.42 Å². The molecule has 0 aliphatic carbocycles. The Bertz CT molecular complexity index is 480. The van der Waals surface area contributed by atoms with Crippen LogP contribution in [0.4, 0.5) is 10.1 Å². The molecule has 0 radical (unpaired) electrons. The Balaban J connectivity index is 1.98. The number of anilines is 1. The third-order valence-electron chi connectivity index (χ3n) is 2.67. The van der Waals surface area contributed by atoms with Gasteiger partial charge in [0.15, 0.2) is 0 Å². The third kappa shape index (κ3) is 3.74. The van der Waals surface area contributed by atoms with E-state index >= 15 is 0 Å². The van der Waals surface area contributed by atoms with Crippen LogP contribution in [0.25, 0.3) is 0 Å². The van der Waals surface area contributed by atoms with E-state index in [1.54, 1.807) is 12.1 Å². The van der Waals surface area contributed by atoms with Crippen LogP contribution in [0, 0.1) is 5.82 Å². The van der Waals surface area contributed by atoms with Crippen molar-refractivity contribution in [1.29, 1.82) is 0 Å². The molecule has 2 rings (SSSR count). The van der Waals surface area contributed by atoms with Gasteiger partial charge in [0.25, 0.3) is 0 Å². The molecule has 0 bridgehead atoms. The van der Waals surface area contributed by atoms with Gasteiger partial charge in [-0.3, -0.25) is 0 Å². The molecule has 1 nitrogen and oxygen atoms in total. The van der Waals surface area contributed by atoms with E-state index in [9.17, 15) is 4.39 Å². The standard InChI is InChI=1S/C15H15ClFN/c1-11(8-12-4-2-6-14(17)9-12)18-15-7-3-5-13(16)10-15/h2-7,9-11,18H,8H2,1H3. The molecule has 1 atom stereocenters. The van der Waals surface area contributed by atoms with Crippen LogP contribution < -0.4 is 5.32 Å². The second kappa shape index (κ2) is 5.87. The van der Waals surface area contributed by atoms with Crippen molar-refractivity contribution in [3.05, 3.63) is 64.9 Å². The smallest absolute Gasteiger partial charge is 0.123 e. The Hall–Kier alpha value is -1.54. The Morgan fingerprint density at radius 3 is 2.67 bits per heavy atom. The molecule has 0 aromatic heterocycles. The lowest BCUT2D eigenvalue weighted by Crippen LogP contribution is -2.18. The highest BCUT2D eigenvalue weighted by Crippen LogP contribution is 2.17. The lowest BCUT2D eigenvalue weighted by Gasteiger charge is -2.15. The van der Waals surface area contributed by atoms with Gasteiger partial charge in [-0.2, -0.15) is 0 Å². The van der Waals surface area contributed by atoms with Crippen molar-refractivity contribution in [2.45, 2.75) is 19.4 Å². The van der Waals surface area contributed by atoms with Crippen LogP contribution in [0.2, 0.25) is 5.02 Å². The first-order valence-corrected chi connectivity index (χ1v) is 6.28. The van der Waals surface area contributed by atoms with E-state index in [2.05, 4.69) is 12.2 Å². The minimum absolute atomic E-state index is 0.192. The van der Waals surface area contributed by atoms with Crippen molar-refractivity contribution >= 4 is 17.3 Å². The normalized spacial score (nSPS) is 12.2. The number of rotatable bonds is 4. The highest BCUT2D eigenvalue weighted by molar-refractivity contribution is 6.30. The zero-order chi connectivity index (χ0) is 13.0. The molecule has 0 saturated heterocycles. The number of nitrogens with one attached hydrogen (secondary N) is 1. The number of hydrogen-bond donors (Lipinski definition) is 1. The fourth-order valence-electron chi connectivity index (χ4n) is 1.93. The average Bonchev–Trinajstić information content (AvgIpc) is 2.28. The average molecular weight is 264 g/mol. The third-order valence-corrected chi connectivity index (χ3v) is 2.90. The molecule has 1 N–H and O–H groups in total. The van der Waals surface area contributed by atoms with Gasteiger partial charge in [0.1, 0.15) is 5.82 Å². The van der Waals surface area contributed by atoms with Crippen LogP contribution >= 0.6 is 11.6 Å². The van der Waals surface area contributed by atoms with Crippen LogP contribution in [-0.4, -0.2) is 6.04 Å². The zero-order valence-corrected chi connectivity index (χ0v) is 10.9. The van der Waals surface area contributed by atoms with Crippen molar-refractivity contribution in [2.75, 3.05) is 5.32 Å². The SMILES string of the molecule is CC(Cc1cccc(F)c1)Nc1cccc(Cl)c1. The summed E-state index contributed by atoms with van der Waals surface area (Å²) >= 11 is 5.92. The fourth-order valence-corrected chi connectivity index (χ4v) is 2.12. The van der Waals surface area contributed by atoms with Crippen LogP contribution in [0.1, 0.15) is 12.5 Å². The van der Waals surface area contributed by atoms with E-state index in [0.717, 1.165) is 17.7 Å². The highest BCUT2D eigenvalue weighted by atomic mass is 35.5. The van der Waals surface area contributed by atoms with Crippen molar-refractivity contribution in [3.8, 4) is 0 Å². The largest absolute Gasteiger partial charge is 0.382 e. The van der Waals surface area contributed by atoms with E-state index in [-0.39, 0.29) is 11.9 Å². The summed E-state index contributed by atoms with van der Waals surface area (Å²) in [5.41, 5.74) is 1.96. The maximum absolute atomic E-state index is 13.1. The Labute approximate surface area is 112 Å². The first-order valence-electron chi connectivity index (χ1n) is 5.90. The molecule has 2 aromatic rings. The molecule has 0 aliphatic heterocycles. The Kier molecular flexibility index (Phi) is 4.21. The van der Waals surface area contributed by atoms with Gasteiger partial charge in [0, 0.05) is 16.8 Å². The summed E-state index contributed by atoms with van der Waals surface area (Å²) in [6, 6.07) is 14.5. The van der Waals surface area contributed by atoms with Crippen molar-refractivity contribution in [2.24, 2.45) is 0 Å². The monoisotopic (exact) mass is 263 g/mol. The Morgan fingerprint density at radius 2 is 1.94 bits per heavy atom. The lowest BCUT2D eigenvalue weighted by molar-refractivity contribution is 0.624. The van der Waals surface area contributed by atoms with E-state index in [1.807, 2.05) is 30.3 Å². The lowest BCUT2D eigenvalue weighted by atomic mass is 10.1. The topological polar surface area (TPSA) is 12.0 Å². The van der Waals surface area contributed by atoms with Crippen LogP contribution in [0.15, 0.2) is 48.5 Å². The van der Waals surface area contributed by atoms with Crippen LogP contribution in [0.3, 0.4) is 0 Å². The molecule has 0 aliphatic rings. The number of benzene rings is 2. The van der Waals surface area contributed by atoms with Gasteiger partial charge < -0.3 is 5.32 Å². The van der Waals surface area contributed by atoms with Crippen molar-refractivity contribution in [1.82, 2.24) is 0 Å². The zero-order valence-electron chi connectivity index (χ0n) is 10.2. The molecule has 3 heteroatoms. The highest BCUT2D eigenvalue weighted by Gasteiger charge is 2.04. The predicted octanol–water partition coefficient (Wildman–Crippen LogP) is 4.52. The van der Waals surface area contributed by atoms with Gasteiger partial charge in [0.05, 0.1) is 0 Å². The maximum atomic E-state index is 13.1. The summed E-state index contributed by atoms with van der Waals surface area (Å²) < 4.78 is 13.1. The summed E-state index contributed by atoms with van der Waals surface area (Å²) in [5.74, 6) is -0.192. The second-order valence-corrected chi connectivity index (χ2v) is 4.83. The molecule has 0 amide bonds. The summed E-state index contributed by atoms with van der Waals surface area (Å²) in [7, 11) is 0. The Morgan fingerprint density at radius 1 is 1.17 bits per heavy atom. The molecule has 2 aromatic carbocycles. The molecule has 1 unspecified atom stereocenters. The van der Waals surface area contributed by atoms with Gasteiger partial charge in [-0.1, -0.05) is 29.8 Å². The molecule has 0 fully saturated rings. The summed E-state index contributed by atoms with van der Waals surface area (Å²) in [5, 5.41) is 4.05. The maximum Gasteiger partial charge on any atom is 0.123 e. The van der Waals surface area contributed by atoms with Crippen LogP contribution in [0.5, 0.6) is 0 Å². The van der Waals surface area contributed by atoms with E-state index in [4.69, 9.17) is 11.6 Å². The van der Waals surface area contributed by atoms with E-state index in [0.29, 0.717) is 5.02 Å². The number of hydrogen-bond acceptors (Lipinski definition) is 1. The minimum Gasteiger partial charge on any atom is -0.382 e. The molecule has 0 heterocycles. The van der Waals surface area contributed by atoms with Crippen molar-refractivity contribution in [3.63, 3.8) is 0 Å². The molecular weight excluding hydrogens is 249 g/mol. The predicted molar refractivity (Wildman–Crippen MR) is 74.6 cm³/mol.